The second-order valence-corrected chi connectivity index (χ2v) is 13.7. The Morgan fingerprint density at radius 2 is 1.11 bits per heavy atom. The fourth-order valence-corrected chi connectivity index (χ4v) is 5.49. The standard InChI is InChI=1S/C45H72O10/c1-3-5-7-9-11-13-15-16-17-18-19-20-21-22-24-26-28-30-32-34-41(48)54-38(37-53-45-44(51)43(50)42(49)39(35-46)55-45)36-52-40(47)33-31-29-27-25-23-14-12-10-8-6-4-2/h5,7,10-13,16-17,19-20,22,24,28,30,38-39,42-46,49-51H,3-4,6,8-9,14-15,18,21,23,25-27,29,31-37H2,1-2H3/b7-5+,12-10+,13-11+,17-16+,20-19+,24-22+,30-28+/t38-,39-,42+,43?,44?,45-/m1/s1. The fourth-order valence-electron chi connectivity index (χ4n) is 5.49. The van der Waals surface area contributed by atoms with Crippen LogP contribution in [0, 0.1) is 0 Å². The molecule has 0 bridgehead atoms. The first-order valence-electron chi connectivity index (χ1n) is 20.7. The Morgan fingerprint density at radius 1 is 0.582 bits per heavy atom. The van der Waals surface area contributed by atoms with Crippen molar-refractivity contribution in [1.29, 1.82) is 0 Å². The summed E-state index contributed by atoms with van der Waals surface area (Å²) < 4.78 is 22.0. The molecule has 0 aromatic rings. The highest BCUT2D eigenvalue weighted by atomic mass is 16.7. The normalized spacial score (nSPS) is 21.5. The minimum atomic E-state index is -1.61. The molecule has 0 aromatic heterocycles. The zero-order valence-corrected chi connectivity index (χ0v) is 33.6. The van der Waals surface area contributed by atoms with Gasteiger partial charge >= 0.3 is 11.9 Å². The van der Waals surface area contributed by atoms with Crippen molar-refractivity contribution in [2.75, 3.05) is 19.8 Å². The molecule has 0 radical (unpaired) electrons. The number of aliphatic hydroxyl groups is 4. The molecule has 55 heavy (non-hydrogen) atoms. The van der Waals surface area contributed by atoms with Crippen LogP contribution in [0.1, 0.15) is 129 Å². The van der Waals surface area contributed by atoms with Crippen LogP contribution in [-0.4, -0.2) is 89.0 Å². The number of allylic oxidation sites excluding steroid dienone is 14. The van der Waals surface area contributed by atoms with E-state index in [9.17, 15) is 30.0 Å². The molecule has 1 aliphatic rings. The third-order valence-corrected chi connectivity index (χ3v) is 8.78. The monoisotopic (exact) mass is 773 g/mol. The summed E-state index contributed by atoms with van der Waals surface area (Å²) in [5.41, 5.74) is 0. The Labute approximate surface area is 331 Å². The molecule has 0 aromatic carbocycles. The smallest absolute Gasteiger partial charge is 0.306 e. The zero-order valence-electron chi connectivity index (χ0n) is 33.6. The van der Waals surface area contributed by atoms with E-state index in [2.05, 4.69) is 86.8 Å². The summed E-state index contributed by atoms with van der Waals surface area (Å²) in [7, 11) is 0. The van der Waals surface area contributed by atoms with Gasteiger partial charge in [-0.3, -0.25) is 9.59 Å². The van der Waals surface area contributed by atoms with Crippen molar-refractivity contribution in [3.05, 3.63) is 85.1 Å². The summed E-state index contributed by atoms with van der Waals surface area (Å²) in [4.78, 5) is 25.2. The van der Waals surface area contributed by atoms with E-state index < -0.39 is 55.4 Å². The predicted octanol–water partition coefficient (Wildman–Crippen LogP) is 8.21. The van der Waals surface area contributed by atoms with E-state index in [1.165, 1.54) is 12.8 Å². The van der Waals surface area contributed by atoms with Crippen molar-refractivity contribution in [3.8, 4) is 0 Å². The van der Waals surface area contributed by atoms with Crippen LogP contribution < -0.4 is 0 Å². The van der Waals surface area contributed by atoms with Gasteiger partial charge in [0.2, 0.25) is 0 Å². The molecule has 1 saturated heterocycles. The van der Waals surface area contributed by atoms with Gasteiger partial charge in [-0.1, -0.05) is 131 Å². The third-order valence-electron chi connectivity index (χ3n) is 8.78. The van der Waals surface area contributed by atoms with Crippen molar-refractivity contribution < 1.29 is 49.0 Å². The van der Waals surface area contributed by atoms with Gasteiger partial charge in [0.05, 0.1) is 13.2 Å². The van der Waals surface area contributed by atoms with Crippen LogP contribution in [0.5, 0.6) is 0 Å². The van der Waals surface area contributed by atoms with Crippen molar-refractivity contribution in [2.45, 2.75) is 166 Å². The summed E-state index contributed by atoms with van der Waals surface area (Å²) >= 11 is 0. The molecule has 1 rings (SSSR count). The van der Waals surface area contributed by atoms with Crippen molar-refractivity contribution in [1.82, 2.24) is 0 Å². The van der Waals surface area contributed by atoms with Gasteiger partial charge in [-0.2, -0.15) is 0 Å². The maximum absolute atomic E-state index is 12.7. The number of hydrogen-bond donors (Lipinski definition) is 4. The van der Waals surface area contributed by atoms with Crippen LogP contribution >= 0.6 is 0 Å². The van der Waals surface area contributed by atoms with Crippen molar-refractivity contribution in [3.63, 3.8) is 0 Å². The molecule has 2 unspecified atom stereocenters. The van der Waals surface area contributed by atoms with Crippen LogP contribution in [0.2, 0.25) is 0 Å². The molecule has 0 aliphatic carbocycles. The Balaban J connectivity index is 2.44. The lowest BCUT2D eigenvalue weighted by Crippen LogP contribution is -2.59. The van der Waals surface area contributed by atoms with Gasteiger partial charge in [0.15, 0.2) is 12.4 Å². The number of carbonyl (C=O) groups excluding carboxylic acids is 2. The minimum Gasteiger partial charge on any atom is -0.462 e. The van der Waals surface area contributed by atoms with Crippen LogP contribution in [0.15, 0.2) is 85.1 Å². The van der Waals surface area contributed by atoms with E-state index in [4.69, 9.17) is 18.9 Å². The van der Waals surface area contributed by atoms with Gasteiger partial charge in [0.1, 0.15) is 31.0 Å². The predicted molar refractivity (Wildman–Crippen MR) is 219 cm³/mol. The molecule has 10 heteroatoms. The van der Waals surface area contributed by atoms with E-state index in [1.54, 1.807) is 0 Å². The molecule has 0 amide bonds. The van der Waals surface area contributed by atoms with Crippen LogP contribution in [-0.2, 0) is 28.5 Å². The zero-order chi connectivity index (χ0) is 40.2. The largest absolute Gasteiger partial charge is 0.462 e. The Bertz CT molecular complexity index is 1170. The number of ether oxygens (including phenoxy) is 4. The maximum Gasteiger partial charge on any atom is 0.306 e. The molecular formula is C45H72O10. The Kier molecular flexibility index (Phi) is 32.0. The van der Waals surface area contributed by atoms with Gasteiger partial charge in [0, 0.05) is 12.8 Å². The molecule has 1 fully saturated rings. The number of carbonyl (C=O) groups is 2. The minimum absolute atomic E-state index is 0.0984. The van der Waals surface area contributed by atoms with Crippen LogP contribution in [0.25, 0.3) is 0 Å². The summed E-state index contributed by atoms with van der Waals surface area (Å²) in [6.07, 6.45) is 37.5. The number of esters is 2. The van der Waals surface area contributed by atoms with Crippen molar-refractivity contribution in [2.24, 2.45) is 0 Å². The van der Waals surface area contributed by atoms with Crippen molar-refractivity contribution >= 4 is 11.9 Å². The second-order valence-electron chi connectivity index (χ2n) is 13.7. The van der Waals surface area contributed by atoms with E-state index in [1.807, 2.05) is 12.2 Å². The van der Waals surface area contributed by atoms with Crippen LogP contribution in [0.4, 0.5) is 0 Å². The lowest BCUT2D eigenvalue weighted by Gasteiger charge is -2.39. The van der Waals surface area contributed by atoms with Gasteiger partial charge in [-0.05, 0) is 70.6 Å². The highest BCUT2D eigenvalue weighted by Crippen LogP contribution is 2.22. The highest BCUT2D eigenvalue weighted by Gasteiger charge is 2.44. The molecule has 1 heterocycles. The highest BCUT2D eigenvalue weighted by molar-refractivity contribution is 5.70. The molecule has 1 aliphatic heterocycles. The Hall–Kier alpha value is -3.12. The molecule has 0 saturated carbocycles. The molecule has 6 atom stereocenters. The quantitative estimate of drug-likeness (QED) is 0.0299. The number of unbranched alkanes of at least 4 members (excludes halogenated alkanes) is 7. The van der Waals surface area contributed by atoms with E-state index in [0.29, 0.717) is 12.8 Å². The first-order chi connectivity index (χ1) is 26.8. The Morgan fingerprint density at radius 3 is 1.69 bits per heavy atom. The molecule has 4 N–H and O–H groups in total. The summed E-state index contributed by atoms with van der Waals surface area (Å²) in [6.45, 7) is 3.15. The van der Waals surface area contributed by atoms with Gasteiger partial charge < -0.3 is 39.4 Å². The topological polar surface area (TPSA) is 152 Å². The first-order valence-corrected chi connectivity index (χ1v) is 20.7. The first kappa shape index (κ1) is 49.9. The van der Waals surface area contributed by atoms with E-state index in [0.717, 1.165) is 77.0 Å². The van der Waals surface area contributed by atoms with Gasteiger partial charge in [0.25, 0.3) is 0 Å². The average Bonchev–Trinajstić information content (AvgIpc) is 3.18. The average molecular weight is 773 g/mol. The molecular weight excluding hydrogens is 700 g/mol. The van der Waals surface area contributed by atoms with E-state index in [-0.39, 0.29) is 26.1 Å². The number of aliphatic hydroxyl groups excluding tert-OH is 4. The lowest BCUT2D eigenvalue weighted by molar-refractivity contribution is -0.305. The van der Waals surface area contributed by atoms with Gasteiger partial charge in [-0.15, -0.1) is 0 Å². The fraction of sp³-hybridized carbons (Fsp3) is 0.644. The SMILES string of the molecule is CC/C=C/C/C=C/C/C=C/C/C=C/C/C=C/C/C=C/CCC(=O)O[C@H](COC(=O)CCCCCCC/C=C/CCCC)CO[C@@H]1O[C@H](CO)[C@H](O)C(O)C1O. The summed E-state index contributed by atoms with van der Waals surface area (Å²) in [5.74, 6) is -0.927. The summed E-state index contributed by atoms with van der Waals surface area (Å²) in [6, 6.07) is 0. The lowest BCUT2D eigenvalue weighted by atomic mass is 9.99. The molecule has 0 spiro atoms. The van der Waals surface area contributed by atoms with Gasteiger partial charge in [-0.25, -0.2) is 0 Å². The maximum atomic E-state index is 12.7. The third kappa shape index (κ3) is 27.2. The van der Waals surface area contributed by atoms with E-state index >= 15 is 0 Å². The summed E-state index contributed by atoms with van der Waals surface area (Å²) in [5, 5.41) is 40.0. The number of hydrogen-bond acceptors (Lipinski definition) is 10. The number of rotatable bonds is 32. The van der Waals surface area contributed by atoms with Crippen LogP contribution in [0.3, 0.4) is 0 Å². The molecule has 10 nitrogen and oxygen atoms in total. The molecule has 312 valence electrons. The second kappa shape index (κ2) is 35.3.